The predicted molar refractivity (Wildman–Crippen MR) is 117 cm³/mol. The molecule has 1 fully saturated rings. The van der Waals surface area contributed by atoms with Gasteiger partial charge in [0.25, 0.3) is 0 Å². The van der Waals surface area contributed by atoms with E-state index in [2.05, 4.69) is 10.2 Å². The number of ether oxygens (including phenoxy) is 2. The van der Waals surface area contributed by atoms with E-state index >= 15 is 0 Å². The van der Waals surface area contributed by atoms with Crippen molar-refractivity contribution in [2.75, 3.05) is 51.8 Å². The largest absolute Gasteiger partial charge is 0.486 e. The number of carbonyl (C=O) groups is 1. The number of halogens is 1. The van der Waals surface area contributed by atoms with Gasteiger partial charge in [0, 0.05) is 31.9 Å². The fourth-order valence-corrected chi connectivity index (χ4v) is 5.33. The number of piperazine rings is 1. The van der Waals surface area contributed by atoms with Crippen molar-refractivity contribution in [2.45, 2.75) is 11.3 Å². The lowest BCUT2D eigenvalue weighted by Gasteiger charge is -2.31. The van der Waals surface area contributed by atoms with E-state index in [-0.39, 0.29) is 17.2 Å². The van der Waals surface area contributed by atoms with Gasteiger partial charge in [0.05, 0.1) is 16.3 Å². The minimum absolute atomic E-state index is 0.0613. The zero-order valence-corrected chi connectivity index (χ0v) is 18.7. The molecule has 8 nitrogen and oxygen atoms in total. The summed E-state index contributed by atoms with van der Waals surface area (Å²) < 4.78 is 38.4. The summed E-state index contributed by atoms with van der Waals surface area (Å²) in [6.07, 6.45) is 0.0613. The number of rotatable bonds is 5. The van der Waals surface area contributed by atoms with Crippen LogP contribution in [-0.4, -0.2) is 70.0 Å². The number of carbonyl (C=O) groups excluding carboxylic acids is 1. The van der Waals surface area contributed by atoms with Crippen LogP contribution in [-0.2, 0) is 21.2 Å². The third kappa shape index (κ3) is 4.95. The molecule has 2 aliphatic heterocycles. The third-order valence-electron chi connectivity index (χ3n) is 5.24. The van der Waals surface area contributed by atoms with Gasteiger partial charge in [-0.3, -0.25) is 4.79 Å². The van der Waals surface area contributed by atoms with Crippen LogP contribution < -0.4 is 14.8 Å². The molecule has 0 bridgehead atoms. The van der Waals surface area contributed by atoms with Crippen molar-refractivity contribution >= 4 is 33.2 Å². The lowest BCUT2D eigenvalue weighted by molar-refractivity contribution is -0.115. The molecule has 0 aromatic heterocycles. The first-order chi connectivity index (χ1) is 14.8. The first-order valence-electron chi connectivity index (χ1n) is 9.99. The zero-order chi connectivity index (χ0) is 22.0. The Morgan fingerprint density at radius 1 is 1.10 bits per heavy atom. The molecule has 0 saturated carbocycles. The molecule has 0 radical (unpaired) electrons. The number of anilines is 1. The highest BCUT2D eigenvalue weighted by Crippen LogP contribution is 2.38. The second-order valence-corrected chi connectivity index (χ2v) is 9.91. The van der Waals surface area contributed by atoms with Crippen LogP contribution in [0.4, 0.5) is 5.69 Å². The highest BCUT2D eigenvalue weighted by atomic mass is 35.5. The monoisotopic (exact) mass is 465 g/mol. The summed E-state index contributed by atoms with van der Waals surface area (Å²) in [7, 11) is -1.64. The third-order valence-corrected chi connectivity index (χ3v) is 7.41. The van der Waals surface area contributed by atoms with E-state index in [1.807, 2.05) is 7.05 Å². The van der Waals surface area contributed by atoms with E-state index < -0.39 is 10.0 Å². The summed E-state index contributed by atoms with van der Waals surface area (Å²) in [5, 5.41) is 3.16. The van der Waals surface area contributed by atoms with Gasteiger partial charge in [0.2, 0.25) is 15.9 Å². The molecule has 31 heavy (non-hydrogen) atoms. The zero-order valence-electron chi connectivity index (χ0n) is 17.1. The molecule has 10 heteroatoms. The van der Waals surface area contributed by atoms with Gasteiger partial charge >= 0.3 is 0 Å². The quantitative estimate of drug-likeness (QED) is 0.728. The molecule has 166 valence electrons. The summed E-state index contributed by atoms with van der Waals surface area (Å²) in [6, 6.07) is 9.72. The minimum atomic E-state index is -3.61. The molecular weight excluding hydrogens is 442 g/mol. The number of hydrogen-bond acceptors (Lipinski definition) is 6. The highest BCUT2D eigenvalue weighted by Gasteiger charge is 2.27. The van der Waals surface area contributed by atoms with Crippen molar-refractivity contribution < 1.29 is 22.7 Å². The number of nitrogens with zero attached hydrogens (tertiary/aromatic N) is 2. The Morgan fingerprint density at radius 2 is 1.84 bits per heavy atom. The molecule has 2 aromatic rings. The van der Waals surface area contributed by atoms with Gasteiger partial charge in [-0.2, -0.15) is 4.31 Å². The molecule has 0 aliphatic carbocycles. The minimum Gasteiger partial charge on any atom is -0.486 e. The van der Waals surface area contributed by atoms with Gasteiger partial charge in [0.15, 0.2) is 11.5 Å². The molecule has 1 saturated heterocycles. The van der Waals surface area contributed by atoms with E-state index in [0.717, 1.165) is 0 Å². The Morgan fingerprint density at radius 3 is 2.61 bits per heavy atom. The molecule has 0 spiro atoms. The van der Waals surface area contributed by atoms with Crippen molar-refractivity contribution in [3.05, 3.63) is 47.0 Å². The average Bonchev–Trinajstić information content (AvgIpc) is 2.74. The van der Waals surface area contributed by atoms with Crippen LogP contribution in [0.25, 0.3) is 0 Å². The van der Waals surface area contributed by atoms with Crippen molar-refractivity contribution in [1.82, 2.24) is 9.21 Å². The second-order valence-electron chi connectivity index (χ2n) is 7.56. The van der Waals surface area contributed by atoms with Crippen molar-refractivity contribution in [1.29, 1.82) is 0 Å². The first-order valence-corrected chi connectivity index (χ1v) is 11.8. The maximum Gasteiger partial charge on any atom is 0.243 e. The first kappa shape index (κ1) is 21.9. The Kier molecular flexibility index (Phi) is 6.38. The lowest BCUT2D eigenvalue weighted by atomic mass is 10.1. The molecule has 4 rings (SSSR count). The average molecular weight is 466 g/mol. The Hall–Kier alpha value is -2.33. The van der Waals surface area contributed by atoms with Gasteiger partial charge in [-0.1, -0.05) is 17.7 Å². The summed E-state index contributed by atoms with van der Waals surface area (Å²) in [5.41, 5.74) is 1.09. The maximum atomic E-state index is 13.0. The van der Waals surface area contributed by atoms with Gasteiger partial charge in [0.1, 0.15) is 13.2 Å². The Labute approximate surface area is 186 Å². The number of hydrogen-bond donors (Lipinski definition) is 1. The van der Waals surface area contributed by atoms with Crippen LogP contribution in [0.1, 0.15) is 5.56 Å². The number of likely N-dealkylation sites (N-methyl/N-ethyl adjacent to an activating group) is 1. The van der Waals surface area contributed by atoms with E-state index in [4.69, 9.17) is 21.1 Å². The molecule has 2 aliphatic rings. The Balaban J connectivity index is 1.45. The normalized spacial score (nSPS) is 17.4. The summed E-state index contributed by atoms with van der Waals surface area (Å²) in [6.45, 7) is 3.12. The molecule has 1 amide bonds. The fraction of sp³-hybridized carbons (Fsp3) is 0.381. The van der Waals surface area contributed by atoms with Gasteiger partial charge in [-0.05, 0) is 42.9 Å². The van der Waals surface area contributed by atoms with Crippen LogP contribution >= 0.6 is 11.6 Å². The molecule has 1 N–H and O–H groups in total. The highest BCUT2D eigenvalue weighted by molar-refractivity contribution is 7.89. The van der Waals surface area contributed by atoms with E-state index in [9.17, 15) is 13.2 Å². The standard InChI is InChI=1S/C21H24ClN3O5S/c1-24-5-7-25(8-6-24)31(27,28)17-4-2-3-16(14-17)23-20(26)13-15-11-18(22)21-19(12-15)29-9-10-30-21/h2-4,11-12,14H,5-10,13H2,1H3,(H,23,26). The molecule has 0 unspecified atom stereocenters. The number of benzene rings is 2. The Bertz CT molecular complexity index is 1080. The number of sulfonamides is 1. The molecule has 2 aromatic carbocycles. The predicted octanol–water partition coefficient (Wildman–Crippen LogP) is 2.23. The van der Waals surface area contributed by atoms with Crippen molar-refractivity contribution in [2.24, 2.45) is 0 Å². The molecule has 0 atom stereocenters. The lowest BCUT2D eigenvalue weighted by Crippen LogP contribution is -2.47. The van der Waals surface area contributed by atoms with Crippen LogP contribution in [0.5, 0.6) is 11.5 Å². The van der Waals surface area contributed by atoms with Crippen LogP contribution in [0.2, 0.25) is 5.02 Å². The summed E-state index contributed by atoms with van der Waals surface area (Å²) in [5.74, 6) is 0.711. The van der Waals surface area contributed by atoms with Gasteiger partial charge in [-0.25, -0.2) is 8.42 Å². The molecular formula is C21H24ClN3O5S. The maximum absolute atomic E-state index is 13.0. The topological polar surface area (TPSA) is 88.2 Å². The van der Waals surface area contributed by atoms with E-state index in [1.165, 1.54) is 10.4 Å². The van der Waals surface area contributed by atoms with Crippen LogP contribution in [0, 0.1) is 0 Å². The van der Waals surface area contributed by atoms with Crippen LogP contribution in [0.15, 0.2) is 41.3 Å². The van der Waals surface area contributed by atoms with Gasteiger partial charge in [-0.15, -0.1) is 0 Å². The SMILES string of the molecule is CN1CCN(S(=O)(=O)c2cccc(NC(=O)Cc3cc(Cl)c4c(c3)OCCO4)c2)CC1. The number of amides is 1. The molecule has 2 heterocycles. The second kappa shape index (κ2) is 9.04. The summed E-state index contributed by atoms with van der Waals surface area (Å²) in [4.78, 5) is 14.8. The fourth-order valence-electron chi connectivity index (χ4n) is 3.57. The van der Waals surface area contributed by atoms with E-state index in [0.29, 0.717) is 67.2 Å². The van der Waals surface area contributed by atoms with Gasteiger partial charge < -0.3 is 19.7 Å². The van der Waals surface area contributed by atoms with Crippen molar-refractivity contribution in [3.8, 4) is 11.5 Å². The van der Waals surface area contributed by atoms with E-state index in [1.54, 1.807) is 30.3 Å². The number of nitrogens with one attached hydrogen (secondary N) is 1. The van der Waals surface area contributed by atoms with Crippen molar-refractivity contribution in [3.63, 3.8) is 0 Å². The number of fused-ring (bicyclic) bond motifs is 1. The summed E-state index contributed by atoms with van der Waals surface area (Å²) >= 11 is 6.23. The van der Waals surface area contributed by atoms with Crippen LogP contribution in [0.3, 0.4) is 0 Å². The smallest absolute Gasteiger partial charge is 0.243 e.